The van der Waals surface area contributed by atoms with Crippen molar-refractivity contribution in [3.63, 3.8) is 0 Å². The van der Waals surface area contributed by atoms with Crippen LogP contribution in [0.3, 0.4) is 0 Å². The van der Waals surface area contributed by atoms with Gasteiger partial charge in [-0.25, -0.2) is 14.8 Å². The standard InChI is InChI=1S/C19H25N5O/c1-14(2)18-20-15(3)13-17(22-18)23-9-11-24(12-10-23)19(25)21-16-7-5-4-6-8-16/h4-8,13-14H,9-12H2,1-3H3,(H,21,25). The Bertz CT molecular complexity index is 724. The van der Waals surface area contributed by atoms with Gasteiger partial charge < -0.3 is 15.1 Å². The van der Waals surface area contributed by atoms with Gasteiger partial charge in [0.25, 0.3) is 0 Å². The molecule has 1 aromatic heterocycles. The average molecular weight is 339 g/mol. The summed E-state index contributed by atoms with van der Waals surface area (Å²) < 4.78 is 0. The van der Waals surface area contributed by atoms with Crippen LogP contribution in [-0.2, 0) is 0 Å². The summed E-state index contributed by atoms with van der Waals surface area (Å²) in [5.41, 5.74) is 1.81. The number of aryl methyl sites for hydroxylation is 1. The molecule has 0 aliphatic carbocycles. The van der Waals surface area contributed by atoms with Crippen LogP contribution in [0.25, 0.3) is 0 Å². The van der Waals surface area contributed by atoms with Gasteiger partial charge >= 0.3 is 6.03 Å². The summed E-state index contributed by atoms with van der Waals surface area (Å²) in [5.74, 6) is 2.13. The maximum Gasteiger partial charge on any atom is 0.321 e. The molecule has 1 saturated heterocycles. The van der Waals surface area contributed by atoms with Crippen molar-refractivity contribution in [2.24, 2.45) is 0 Å². The highest BCUT2D eigenvalue weighted by Crippen LogP contribution is 2.19. The monoisotopic (exact) mass is 339 g/mol. The van der Waals surface area contributed by atoms with Crippen LogP contribution in [0, 0.1) is 6.92 Å². The highest BCUT2D eigenvalue weighted by molar-refractivity contribution is 5.89. The molecule has 2 heterocycles. The first kappa shape index (κ1) is 17.2. The van der Waals surface area contributed by atoms with Gasteiger partial charge in [0.15, 0.2) is 0 Å². The van der Waals surface area contributed by atoms with Gasteiger partial charge in [0.1, 0.15) is 11.6 Å². The third-order valence-electron chi connectivity index (χ3n) is 4.29. The van der Waals surface area contributed by atoms with E-state index in [1.807, 2.05) is 48.2 Å². The van der Waals surface area contributed by atoms with Gasteiger partial charge in [0.05, 0.1) is 0 Å². The lowest BCUT2D eigenvalue weighted by atomic mass is 10.2. The van der Waals surface area contributed by atoms with Gasteiger partial charge in [0.2, 0.25) is 0 Å². The number of urea groups is 1. The molecule has 6 nitrogen and oxygen atoms in total. The van der Waals surface area contributed by atoms with Crippen molar-refractivity contribution in [3.05, 3.63) is 47.9 Å². The second-order valence-corrected chi connectivity index (χ2v) is 6.65. The smallest absolute Gasteiger partial charge is 0.321 e. The van der Waals surface area contributed by atoms with Gasteiger partial charge in [-0.1, -0.05) is 32.0 Å². The quantitative estimate of drug-likeness (QED) is 0.932. The van der Waals surface area contributed by atoms with E-state index in [-0.39, 0.29) is 6.03 Å². The minimum atomic E-state index is -0.0485. The fourth-order valence-corrected chi connectivity index (χ4v) is 2.86. The SMILES string of the molecule is Cc1cc(N2CCN(C(=O)Nc3ccccc3)CC2)nc(C(C)C)n1. The molecule has 0 atom stereocenters. The molecule has 2 amide bonds. The predicted octanol–water partition coefficient (Wildman–Crippen LogP) is 3.26. The lowest BCUT2D eigenvalue weighted by Crippen LogP contribution is -2.50. The van der Waals surface area contributed by atoms with Gasteiger partial charge in [-0.15, -0.1) is 0 Å². The number of aromatic nitrogens is 2. The van der Waals surface area contributed by atoms with E-state index in [4.69, 9.17) is 4.98 Å². The molecule has 3 rings (SSSR count). The van der Waals surface area contributed by atoms with Gasteiger partial charge in [0, 0.05) is 49.5 Å². The Morgan fingerprint density at radius 3 is 2.40 bits per heavy atom. The number of anilines is 2. The van der Waals surface area contributed by atoms with E-state index in [9.17, 15) is 4.79 Å². The van der Waals surface area contributed by atoms with E-state index in [2.05, 4.69) is 29.0 Å². The second kappa shape index (κ2) is 7.51. The number of amides is 2. The van der Waals surface area contributed by atoms with Crippen LogP contribution >= 0.6 is 0 Å². The van der Waals surface area contributed by atoms with Crippen LogP contribution in [0.15, 0.2) is 36.4 Å². The molecule has 25 heavy (non-hydrogen) atoms. The summed E-state index contributed by atoms with van der Waals surface area (Å²) in [6.45, 7) is 9.11. The van der Waals surface area contributed by atoms with Crippen molar-refractivity contribution in [2.75, 3.05) is 36.4 Å². The predicted molar refractivity (Wildman–Crippen MR) is 100 cm³/mol. The number of hydrogen-bond donors (Lipinski definition) is 1. The van der Waals surface area contributed by atoms with Crippen LogP contribution < -0.4 is 10.2 Å². The zero-order valence-electron chi connectivity index (χ0n) is 15.1. The van der Waals surface area contributed by atoms with Gasteiger partial charge in [-0.3, -0.25) is 0 Å². The van der Waals surface area contributed by atoms with Crippen molar-refractivity contribution in [1.29, 1.82) is 0 Å². The van der Waals surface area contributed by atoms with Gasteiger partial charge in [-0.05, 0) is 19.1 Å². The van der Waals surface area contributed by atoms with Crippen molar-refractivity contribution < 1.29 is 4.79 Å². The molecule has 0 saturated carbocycles. The minimum Gasteiger partial charge on any atom is -0.353 e. The van der Waals surface area contributed by atoms with E-state index in [1.165, 1.54) is 0 Å². The zero-order valence-corrected chi connectivity index (χ0v) is 15.1. The summed E-state index contributed by atoms with van der Waals surface area (Å²) in [6.07, 6.45) is 0. The number of carbonyl (C=O) groups excluding carboxylic acids is 1. The Balaban J connectivity index is 1.61. The largest absolute Gasteiger partial charge is 0.353 e. The number of nitrogens with one attached hydrogen (secondary N) is 1. The molecule has 1 aliphatic rings. The summed E-state index contributed by atoms with van der Waals surface area (Å²) in [6, 6.07) is 11.5. The highest BCUT2D eigenvalue weighted by Gasteiger charge is 2.22. The van der Waals surface area contributed by atoms with Crippen molar-refractivity contribution in [2.45, 2.75) is 26.7 Å². The molecular weight excluding hydrogens is 314 g/mol. The molecule has 0 radical (unpaired) electrons. The van der Waals surface area contributed by atoms with Gasteiger partial charge in [-0.2, -0.15) is 0 Å². The maximum atomic E-state index is 12.4. The van der Waals surface area contributed by atoms with E-state index in [1.54, 1.807) is 0 Å². The Morgan fingerprint density at radius 2 is 1.76 bits per heavy atom. The first-order valence-electron chi connectivity index (χ1n) is 8.74. The molecule has 6 heteroatoms. The summed E-state index contributed by atoms with van der Waals surface area (Å²) in [4.78, 5) is 25.7. The highest BCUT2D eigenvalue weighted by atomic mass is 16.2. The Labute approximate surface area is 148 Å². The normalized spacial score (nSPS) is 14.7. The fourth-order valence-electron chi connectivity index (χ4n) is 2.86. The Hall–Kier alpha value is -2.63. The van der Waals surface area contributed by atoms with E-state index in [0.717, 1.165) is 36.1 Å². The second-order valence-electron chi connectivity index (χ2n) is 6.65. The van der Waals surface area contributed by atoms with Crippen molar-refractivity contribution in [1.82, 2.24) is 14.9 Å². The van der Waals surface area contributed by atoms with Crippen molar-refractivity contribution >= 4 is 17.5 Å². The molecule has 0 bridgehead atoms. The molecule has 0 unspecified atom stereocenters. The number of carbonyl (C=O) groups is 1. The molecule has 1 aliphatic heterocycles. The lowest BCUT2D eigenvalue weighted by Gasteiger charge is -2.35. The summed E-state index contributed by atoms with van der Waals surface area (Å²) >= 11 is 0. The third-order valence-corrected chi connectivity index (χ3v) is 4.29. The van der Waals surface area contributed by atoms with Crippen LogP contribution in [0.4, 0.5) is 16.3 Å². The zero-order chi connectivity index (χ0) is 17.8. The summed E-state index contributed by atoms with van der Waals surface area (Å²) in [7, 11) is 0. The topological polar surface area (TPSA) is 61.4 Å². The molecule has 2 aromatic rings. The summed E-state index contributed by atoms with van der Waals surface area (Å²) in [5, 5.41) is 2.94. The van der Waals surface area contributed by atoms with E-state index < -0.39 is 0 Å². The number of para-hydroxylation sites is 1. The first-order valence-corrected chi connectivity index (χ1v) is 8.74. The van der Waals surface area contributed by atoms with Crippen LogP contribution in [0.2, 0.25) is 0 Å². The van der Waals surface area contributed by atoms with Crippen LogP contribution in [0.5, 0.6) is 0 Å². The number of rotatable bonds is 3. The molecule has 132 valence electrons. The van der Waals surface area contributed by atoms with Crippen molar-refractivity contribution in [3.8, 4) is 0 Å². The fraction of sp³-hybridized carbons (Fsp3) is 0.421. The maximum absolute atomic E-state index is 12.4. The third kappa shape index (κ3) is 4.26. The minimum absolute atomic E-state index is 0.0485. The first-order chi connectivity index (χ1) is 12.0. The van der Waals surface area contributed by atoms with Crippen LogP contribution in [-0.4, -0.2) is 47.1 Å². The molecule has 1 fully saturated rings. The van der Waals surface area contributed by atoms with Crippen LogP contribution in [0.1, 0.15) is 31.3 Å². The Kier molecular flexibility index (Phi) is 5.16. The number of piperazine rings is 1. The average Bonchev–Trinajstić information content (AvgIpc) is 2.62. The number of hydrogen-bond acceptors (Lipinski definition) is 4. The number of benzene rings is 1. The van der Waals surface area contributed by atoms with E-state index >= 15 is 0 Å². The Morgan fingerprint density at radius 1 is 1.08 bits per heavy atom. The van der Waals surface area contributed by atoms with E-state index in [0.29, 0.717) is 19.0 Å². The lowest BCUT2D eigenvalue weighted by molar-refractivity contribution is 0.208. The molecule has 1 aromatic carbocycles. The molecule has 0 spiro atoms. The molecular formula is C19H25N5O. The number of nitrogens with zero attached hydrogens (tertiary/aromatic N) is 4. The molecule has 1 N–H and O–H groups in total.